The van der Waals surface area contributed by atoms with Gasteiger partial charge in [0.1, 0.15) is 5.76 Å². The van der Waals surface area contributed by atoms with E-state index in [4.69, 9.17) is 9.15 Å². The quantitative estimate of drug-likeness (QED) is 0.772. The van der Waals surface area contributed by atoms with Crippen LogP contribution in [0.1, 0.15) is 38.4 Å². The predicted octanol–water partition coefficient (Wildman–Crippen LogP) is 2.96. The van der Waals surface area contributed by atoms with E-state index in [9.17, 15) is 0 Å². The fraction of sp³-hybridized carbons (Fsp3) is 0.714. The molecule has 1 saturated carbocycles. The Morgan fingerprint density at radius 1 is 1.35 bits per heavy atom. The second-order valence-electron chi connectivity index (χ2n) is 5.01. The van der Waals surface area contributed by atoms with Crippen LogP contribution >= 0.6 is 0 Å². The van der Waals surface area contributed by atoms with E-state index in [0.29, 0.717) is 6.10 Å². The molecule has 0 aliphatic heterocycles. The van der Waals surface area contributed by atoms with Gasteiger partial charge < -0.3 is 14.5 Å². The van der Waals surface area contributed by atoms with Gasteiger partial charge in [0.15, 0.2) is 0 Å². The van der Waals surface area contributed by atoms with Gasteiger partial charge in [-0.15, -0.1) is 0 Å². The number of hydrogen-bond donors (Lipinski definition) is 1. The second-order valence-corrected chi connectivity index (χ2v) is 5.01. The minimum atomic E-state index is 0.497. The van der Waals surface area contributed by atoms with Crippen LogP contribution in [0.2, 0.25) is 0 Å². The molecule has 0 saturated heterocycles. The summed E-state index contributed by atoms with van der Waals surface area (Å²) in [4.78, 5) is 0. The van der Waals surface area contributed by atoms with Crippen LogP contribution in [0.4, 0.5) is 0 Å². The van der Waals surface area contributed by atoms with Crippen molar-refractivity contribution in [1.29, 1.82) is 0 Å². The van der Waals surface area contributed by atoms with Gasteiger partial charge in [-0.05, 0) is 43.7 Å². The second kappa shape index (κ2) is 6.82. The lowest BCUT2D eigenvalue weighted by atomic mass is 9.89. The van der Waals surface area contributed by atoms with Crippen LogP contribution < -0.4 is 5.32 Å². The molecule has 0 bridgehead atoms. The van der Waals surface area contributed by atoms with Crippen molar-refractivity contribution >= 4 is 0 Å². The largest absolute Gasteiger partial charge is 0.468 e. The van der Waals surface area contributed by atoms with Crippen LogP contribution in [0.25, 0.3) is 0 Å². The van der Waals surface area contributed by atoms with Gasteiger partial charge in [-0.3, -0.25) is 0 Å². The first-order chi connectivity index (χ1) is 8.34. The lowest BCUT2D eigenvalue weighted by molar-refractivity contribution is 0.0214. The van der Waals surface area contributed by atoms with Crippen LogP contribution in [-0.4, -0.2) is 19.3 Å². The van der Waals surface area contributed by atoms with Gasteiger partial charge in [0.05, 0.1) is 25.5 Å². The average molecular weight is 237 g/mol. The van der Waals surface area contributed by atoms with Crippen LogP contribution in [0.3, 0.4) is 0 Å². The lowest BCUT2D eigenvalue weighted by Crippen LogP contribution is -2.25. The van der Waals surface area contributed by atoms with E-state index in [1.165, 1.54) is 25.7 Å². The van der Waals surface area contributed by atoms with E-state index in [1.54, 1.807) is 6.26 Å². The number of rotatable bonds is 6. The number of furan rings is 1. The van der Waals surface area contributed by atoms with Crippen LogP contribution in [-0.2, 0) is 11.3 Å². The van der Waals surface area contributed by atoms with Crippen molar-refractivity contribution in [3.05, 3.63) is 24.2 Å². The molecule has 1 aliphatic rings. The molecule has 0 radical (unpaired) electrons. The highest BCUT2D eigenvalue weighted by Crippen LogP contribution is 2.25. The Labute approximate surface area is 104 Å². The van der Waals surface area contributed by atoms with Crippen LogP contribution in [0, 0.1) is 5.92 Å². The Morgan fingerprint density at radius 3 is 2.88 bits per heavy atom. The van der Waals surface area contributed by atoms with Gasteiger partial charge in [-0.2, -0.15) is 0 Å². The van der Waals surface area contributed by atoms with Gasteiger partial charge in [-0.25, -0.2) is 0 Å². The molecule has 1 aromatic rings. The Bertz CT molecular complexity index is 289. The van der Waals surface area contributed by atoms with Crippen molar-refractivity contribution < 1.29 is 9.15 Å². The normalized spacial score (nSPS) is 25.0. The fourth-order valence-corrected chi connectivity index (χ4v) is 2.32. The summed E-state index contributed by atoms with van der Waals surface area (Å²) < 4.78 is 11.1. The maximum absolute atomic E-state index is 5.86. The molecular formula is C14H23NO2. The van der Waals surface area contributed by atoms with Gasteiger partial charge in [0, 0.05) is 6.54 Å². The maximum atomic E-state index is 5.86. The predicted molar refractivity (Wildman–Crippen MR) is 67.8 cm³/mol. The van der Waals surface area contributed by atoms with Crippen molar-refractivity contribution in [3.8, 4) is 0 Å². The Morgan fingerprint density at radius 2 is 2.18 bits per heavy atom. The zero-order valence-electron chi connectivity index (χ0n) is 10.7. The van der Waals surface area contributed by atoms with Gasteiger partial charge in [0.25, 0.3) is 0 Å². The first-order valence-corrected chi connectivity index (χ1v) is 6.69. The van der Waals surface area contributed by atoms with Gasteiger partial charge in [-0.1, -0.05) is 6.92 Å². The minimum absolute atomic E-state index is 0.497. The highest BCUT2D eigenvalue weighted by atomic mass is 16.5. The van der Waals surface area contributed by atoms with Crippen LogP contribution in [0.5, 0.6) is 0 Å². The molecule has 3 nitrogen and oxygen atoms in total. The average Bonchev–Trinajstić information content (AvgIpc) is 2.84. The van der Waals surface area contributed by atoms with E-state index < -0.39 is 0 Å². The first-order valence-electron chi connectivity index (χ1n) is 6.69. The molecule has 0 atom stereocenters. The van der Waals surface area contributed by atoms with Crippen molar-refractivity contribution in [3.63, 3.8) is 0 Å². The van der Waals surface area contributed by atoms with Gasteiger partial charge in [0.2, 0.25) is 0 Å². The van der Waals surface area contributed by atoms with E-state index in [-0.39, 0.29) is 0 Å². The summed E-state index contributed by atoms with van der Waals surface area (Å²) >= 11 is 0. The molecule has 0 amide bonds. The summed E-state index contributed by atoms with van der Waals surface area (Å²) in [6, 6.07) is 3.90. The van der Waals surface area contributed by atoms with E-state index in [2.05, 4.69) is 12.2 Å². The lowest BCUT2D eigenvalue weighted by Gasteiger charge is -2.26. The molecule has 3 heteroatoms. The summed E-state index contributed by atoms with van der Waals surface area (Å²) in [5.74, 6) is 1.88. The van der Waals surface area contributed by atoms with Gasteiger partial charge >= 0.3 is 0 Å². The van der Waals surface area contributed by atoms with E-state index >= 15 is 0 Å². The number of nitrogens with one attached hydrogen (secondary N) is 1. The monoisotopic (exact) mass is 237 g/mol. The SMILES string of the molecule is CC1CCC(OCCNCc2ccco2)CC1. The zero-order chi connectivity index (χ0) is 11.9. The van der Waals surface area contributed by atoms with Crippen molar-refractivity contribution in [2.45, 2.75) is 45.3 Å². The summed E-state index contributed by atoms with van der Waals surface area (Å²) in [5, 5.41) is 3.32. The number of hydrogen-bond acceptors (Lipinski definition) is 3. The highest BCUT2D eigenvalue weighted by molar-refractivity contribution is 4.97. The first kappa shape index (κ1) is 12.7. The third-order valence-electron chi connectivity index (χ3n) is 3.47. The third-order valence-corrected chi connectivity index (χ3v) is 3.47. The molecule has 1 N–H and O–H groups in total. The molecule has 0 aromatic carbocycles. The van der Waals surface area contributed by atoms with E-state index in [1.807, 2.05) is 12.1 Å². The summed E-state index contributed by atoms with van der Waals surface area (Å²) in [6.45, 7) is 4.83. The molecule has 1 fully saturated rings. The Balaban J connectivity index is 1.49. The number of ether oxygens (including phenoxy) is 1. The summed E-state index contributed by atoms with van der Waals surface area (Å²) in [7, 11) is 0. The topological polar surface area (TPSA) is 34.4 Å². The molecule has 1 aliphatic carbocycles. The molecule has 96 valence electrons. The van der Waals surface area contributed by atoms with Crippen molar-refractivity contribution in [2.75, 3.05) is 13.2 Å². The molecule has 2 rings (SSSR count). The standard InChI is InChI=1S/C14H23NO2/c1-12-4-6-13(7-5-12)17-10-8-15-11-14-3-2-9-16-14/h2-3,9,12-13,15H,4-8,10-11H2,1H3. The van der Waals surface area contributed by atoms with Crippen LogP contribution in [0.15, 0.2) is 22.8 Å². The third kappa shape index (κ3) is 4.52. The zero-order valence-corrected chi connectivity index (χ0v) is 10.7. The maximum Gasteiger partial charge on any atom is 0.117 e. The molecule has 0 unspecified atom stereocenters. The molecule has 0 spiro atoms. The highest BCUT2D eigenvalue weighted by Gasteiger charge is 2.17. The Kier molecular flexibility index (Phi) is 5.08. The summed E-state index contributed by atoms with van der Waals surface area (Å²) in [5.41, 5.74) is 0. The van der Waals surface area contributed by atoms with E-state index in [0.717, 1.165) is 31.4 Å². The summed E-state index contributed by atoms with van der Waals surface area (Å²) in [6.07, 6.45) is 7.32. The Hall–Kier alpha value is -0.800. The molecule has 17 heavy (non-hydrogen) atoms. The molecule has 1 aromatic heterocycles. The van der Waals surface area contributed by atoms with Crippen molar-refractivity contribution in [2.24, 2.45) is 5.92 Å². The fourth-order valence-electron chi connectivity index (χ4n) is 2.32. The molecular weight excluding hydrogens is 214 g/mol. The smallest absolute Gasteiger partial charge is 0.117 e. The minimum Gasteiger partial charge on any atom is -0.468 e. The van der Waals surface area contributed by atoms with Crippen molar-refractivity contribution in [1.82, 2.24) is 5.32 Å². The molecule has 1 heterocycles.